The minimum absolute atomic E-state index is 0.138. The molecule has 1 aliphatic heterocycles. The minimum atomic E-state index is -1.00. The van der Waals surface area contributed by atoms with Crippen LogP contribution in [0.5, 0.6) is 0 Å². The lowest BCUT2D eigenvalue weighted by Crippen LogP contribution is -2.39. The summed E-state index contributed by atoms with van der Waals surface area (Å²) in [6.07, 6.45) is 0. The van der Waals surface area contributed by atoms with Gasteiger partial charge in [-0.3, -0.25) is 4.90 Å². The smallest absolute Gasteiger partial charge is 0.337 e. The molecule has 0 unspecified atom stereocenters. The number of nitrogens with zero attached hydrogens (tertiary/aromatic N) is 1. The van der Waals surface area contributed by atoms with E-state index in [9.17, 15) is 4.79 Å². The molecule has 6 heteroatoms. The van der Waals surface area contributed by atoms with E-state index < -0.39 is 5.97 Å². The van der Waals surface area contributed by atoms with Gasteiger partial charge in [0, 0.05) is 37.6 Å². The Morgan fingerprint density at radius 1 is 1.42 bits per heavy atom. The van der Waals surface area contributed by atoms with E-state index in [1.807, 2.05) is 0 Å². The van der Waals surface area contributed by atoms with Gasteiger partial charge in [0.1, 0.15) is 0 Å². The SMILES string of the molecule is Nc1cc(NCCN2CCOCC2)ccc1C(=O)O. The summed E-state index contributed by atoms with van der Waals surface area (Å²) in [5, 5.41) is 12.1. The second kappa shape index (κ2) is 6.40. The van der Waals surface area contributed by atoms with Gasteiger partial charge in [0.25, 0.3) is 0 Å². The summed E-state index contributed by atoms with van der Waals surface area (Å²) < 4.78 is 5.28. The number of hydrogen-bond donors (Lipinski definition) is 3. The second-order valence-corrected chi connectivity index (χ2v) is 4.49. The maximum absolute atomic E-state index is 10.8. The van der Waals surface area contributed by atoms with Crippen LogP contribution in [0.4, 0.5) is 11.4 Å². The molecule has 1 aliphatic rings. The fraction of sp³-hybridized carbons (Fsp3) is 0.462. The molecule has 1 fully saturated rings. The van der Waals surface area contributed by atoms with Crippen molar-refractivity contribution in [3.8, 4) is 0 Å². The third kappa shape index (κ3) is 3.84. The molecule has 0 bridgehead atoms. The van der Waals surface area contributed by atoms with Gasteiger partial charge in [-0.15, -0.1) is 0 Å². The zero-order valence-electron chi connectivity index (χ0n) is 10.8. The third-order valence-corrected chi connectivity index (χ3v) is 3.14. The summed E-state index contributed by atoms with van der Waals surface area (Å²) >= 11 is 0. The number of hydrogen-bond acceptors (Lipinski definition) is 5. The van der Waals surface area contributed by atoms with Gasteiger partial charge >= 0.3 is 5.97 Å². The van der Waals surface area contributed by atoms with E-state index in [1.54, 1.807) is 12.1 Å². The van der Waals surface area contributed by atoms with Gasteiger partial charge in [-0.05, 0) is 18.2 Å². The Labute approximate surface area is 112 Å². The summed E-state index contributed by atoms with van der Waals surface area (Å²) in [6, 6.07) is 4.91. The molecule has 0 aliphatic carbocycles. The number of nitrogen functional groups attached to an aromatic ring is 1. The highest BCUT2D eigenvalue weighted by atomic mass is 16.5. The van der Waals surface area contributed by atoms with Gasteiger partial charge in [0.05, 0.1) is 18.8 Å². The number of nitrogens with two attached hydrogens (primary N) is 1. The first kappa shape index (κ1) is 13.6. The highest BCUT2D eigenvalue weighted by molar-refractivity contribution is 5.94. The van der Waals surface area contributed by atoms with Gasteiger partial charge in [-0.2, -0.15) is 0 Å². The molecular weight excluding hydrogens is 246 g/mol. The Bertz CT molecular complexity index is 445. The van der Waals surface area contributed by atoms with Crippen LogP contribution < -0.4 is 11.1 Å². The number of benzene rings is 1. The number of rotatable bonds is 5. The van der Waals surface area contributed by atoms with Crippen LogP contribution in [0.15, 0.2) is 18.2 Å². The lowest BCUT2D eigenvalue weighted by Gasteiger charge is -2.26. The number of nitrogens with one attached hydrogen (secondary N) is 1. The highest BCUT2D eigenvalue weighted by Gasteiger charge is 2.10. The zero-order valence-corrected chi connectivity index (χ0v) is 10.8. The summed E-state index contributed by atoms with van der Waals surface area (Å²) in [7, 11) is 0. The Morgan fingerprint density at radius 3 is 2.79 bits per heavy atom. The van der Waals surface area contributed by atoms with Crippen LogP contribution in [0, 0.1) is 0 Å². The fourth-order valence-electron chi connectivity index (χ4n) is 2.05. The van der Waals surface area contributed by atoms with Crippen LogP contribution in [-0.4, -0.2) is 55.4 Å². The van der Waals surface area contributed by atoms with E-state index in [1.165, 1.54) is 6.07 Å². The number of carbonyl (C=O) groups is 1. The van der Waals surface area contributed by atoms with Crippen molar-refractivity contribution >= 4 is 17.3 Å². The average Bonchev–Trinajstić information content (AvgIpc) is 2.39. The number of carboxylic acid groups (broad SMARTS) is 1. The molecule has 4 N–H and O–H groups in total. The molecule has 2 rings (SSSR count). The highest BCUT2D eigenvalue weighted by Crippen LogP contribution is 2.17. The van der Waals surface area contributed by atoms with Gasteiger partial charge in [-0.1, -0.05) is 0 Å². The van der Waals surface area contributed by atoms with Crippen LogP contribution in [-0.2, 0) is 4.74 Å². The first-order chi connectivity index (χ1) is 9.16. The van der Waals surface area contributed by atoms with Crippen molar-refractivity contribution in [1.82, 2.24) is 4.90 Å². The second-order valence-electron chi connectivity index (χ2n) is 4.49. The lowest BCUT2D eigenvalue weighted by atomic mass is 10.1. The van der Waals surface area contributed by atoms with Crippen LogP contribution >= 0.6 is 0 Å². The zero-order chi connectivity index (χ0) is 13.7. The molecule has 6 nitrogen and oxygen atoms in total. The first-order valence-electron chi connectivity index (χ1n) is 6.33. The molecule has 1 heterocycles. The van der Waals surface area contributed by atoms with Gasteiger partial charge in [0.2, 0.25) is 0 Å². The van der Waals surface area contributed by atoms with E-state index in [2.05, 4.69) is 10.2 Å². The molecule has 104 valence electrons. The Balaban J connectivity index is 1.82. The van der Waals surface area contributed by atoms with Crippen LogP contribution in [0.3, 0.4) is 0 Å². The molecule has 0 amide bonds. The standard InChI is InChI=1S/C13H19N3O3/c14-12-9-10(1-2-11(12)13(17)18)15-3-4-16-5-7-19-8-6-16/h1-2,9,15H,3-8,14H2,(H,17,18). The molecule has 1 aromatic rings. The molecule has 0 saturated carbocycles. The van der Waals surface area contributed by atoms with E-state index in [-0.39, 0.29) is 11.3 Å². The summed E-state index contributed by atoms with van der Waals surface area (Å²) in [6.45, 7) is 5.24. The predicted molar refractivity (Wildman–Crippen MR) is 73.6 cm³/mol. The summed E-state index contributed by atoms with van der Waals surface area (Å²) in [5.41, 5.74) is 6.95. The predicted octanol–water partition coefficient (Wildman–Crippen LogP) is 0.711. The topological polar surface area (TPSA) is 87.8 Å². The molecule has 19 heavy (non-hydrogen) atoms. The summed E-state index contributed by atoms with van der Waals surface area (Å²) in [4.78, 5) is 13.2. The van der Waals surface area contributed by atoms with Gasteiger partial charge < -0.3 is 20.9 Å². The Hall–Kier alpha value is -1.79. The van der Waals surface area contributed by atoms with E-state index in [0.29, 0.717) is 0 Å². The fourth-order valence-corrected chi connectivity index (χ4v) is 2.05. The molecule has 1 aromatic carbocycles. The van der Waals surface area contributed by atoms with E-state index in [4.69, 9.17) is 15.6 Å². The van der Waals surface area contributed by atoms with E-state index in [0.717, 1.165) is 45.1 Å². The largest absolute Gasteiger partial charge is 0.478 e. The van der Waals surface area contributed by atoms with Crippen molar-refractivity contribution in [3.63, 3.8) is 0 Å². The van der Waals surface area contributed by atoms with Crippen molar-refractivity contribution in [2.24, 2.45) is 0 Å². The Morgan fingerprint density at radius 2 is 2.16 bits per heavy atom. The third-order valence-electron chi connectivity index (χ3n) is 3.14. The lowest BCUT2D eigenvalue weighted by molar-refractivity contribution is 0.0398. The van der Waals surface area contributed by atoms with Crippen molar-refractivity contribution < 1.29 is 14.6 Å². The molecular formula is C13H19N3O3. The van der Waals surface area contributed by atoms with Crippen molar-refractivity contribution in [1.29, 1.82) is 0 Å². The quantitative estimate of drug-likeness (QED) is 0.680. The van der Waals surface area contributed by atoms with Crippen LogP contribution in [0.1, 0.15) is 10.4 Å². The first-order valence-corrected chi connectivity index (χ1v) is 6.33. The minimum Gasteiger partial charge on any atom is -0.478 e. The number of ether oxygens (including phenoxy) is 1. The molecule has 1 saturated heterocycles. The Kier molecular flexibility index (Phi) is 4.59. The van der Waals surface area contributed by atoms with Gasteiger partial charge in [0.15, 0.2) is 0 Å². The van der Waals surface area contributed by atoms with Crippen molar-refractivity contribution in [3.05, 3.63) is 23.8 Å². The number of anilines is 2. The molecule has 0 radical (unpaired) electrons. The molecule has 0 atom stereocenters. The van der Waals surface area contributed by atoms with E-state index >= 15 is 0 Å². The maximum Gasteiger partial charge on any atom is 0.337 e. The van der Waals surface area contributed by atoms with Crippen molar-refractivity contribution in [2.75, 3.05) is 50.4 Å². The van der Waals surface area contributed by atoms with Crippen molar-refractivity contribution in [2.45, 2.75) is 0 Å². The maximum atomic E-state index is 10.8. The monoisotopic (exact) mass is 265 g/mol. The normalized spacial score (nSPS) is 16.2. The number of carboxylic acids is 1. The molecule has 0 aromatic heterocycles. The average molecular weight is 265 g/mol. The summed E-state index contributed by atoms with van der Waals surface area (Å²) in [5.74, 6) is -1.00. The number of aromatic carboxylic acids is 1. The van der Waals surface area contributed by atoms with Gasteiger partial charge in [-0.25, -0.2) is 4.79 Å². The van der Waals surface area contributed by atoms with Crippen LogP contribution in [0.25, 0.3) is 0 Å². The molecule has 0 spiro atoms. The number of morpholine rings is 1. The van der Waals surface area contributed by atoms with Crippen LogP contribution in [0.2, 0.25) is 0 Å².